The summed E-state index contributed by atoms with van der Waals surface area (Å²) in [5.41, 5.74) is 0. The van der Waals surface area contributed by atoms with Crippen LogP contribution in [0.4, 0.5) is 0 Å². The predicted molar refractivity (Wildman–Crippen MR) is 39.9 cm³/mol. The first-order valence-electron chi connectivity index (χ1n) is 3.05. The fraction of sp³-hybridized carbons (Fsp3) is 0.833. The fourth-order valence-electron chi connectivity index (χ4n) is 0.547. The van der Waals surface area contributed by atoms with Gasteiger partial charge in [-0.1, -0.05) is 19.2 Å². The molecule has 0 rings (SSSR count). The molecule has 9 heavy (non-hydrogen) atoms. The average Bonchev–Trinajstić information content (AvgIpc) is 1.84. The lowest BCUT2D eigenvalue weighted by molar-refractivity contribution is -0.117. The lowest BCUT2D eigenvalue weighted by Crippen LogP contribution is -2.12. The van der Waals surface area contributed by atoms with Gasteiger partial charge in [0.05, 0.1) is 15.7 Å². The highest BCUT2D eigenvalue weighted by atomic mass is 16.1. The molecule has 0 aromatic rings. The second kappa shape index (κ2) is 3.76. The highest BCUT2D eigenvalue weighted by Gasteiger charge is 2.12. The van der Waals surface area contributed by atoms with Gasteiger partial charge >= 0.3 is 0 Å². The minimum atomic E-state index is -0.380. The highest BCUT2D eigenvalue weighted by Crippen LogP contribution is 2.17. The molecular weight excluding hydrogens is 110 g/mol. The van der Waals surface area contributed by atoms with Crippen LogP contribution in [0.15, 0.2) is 0 Å². The van der Waals surface area contributed by atoms with Crippen molar-refractivity contribution in [3.63, 3.8) is 0 Å². The molecule has 0 aliphatic heterocycles. The summed E-state index contributed by atoms with van der Waals surface area (Å²) >= 11 is 0. The Bertz CT molecular complexity index is 103. The van der Waals surface area contributed by atoms with E-state index in [-0.39, 0.29) is 17.5 Å². The molecule has 0 bridgehead atoms. The largest absolute Gasteiger partial charge is 0.301 e. The van der Waals surface area contributed by atoms with Crippen molar-refractivity contribution >= 4 is 21.5 Å². The van der Waals surface area contributed by atoms with Crippen molar-refractivity contribution in [1.82, 2.24) is 0 Å². The third kappa shape index (κ3) is 2.73. The molecule has 0 amide bonds. The van der Waals surface area contributed by atoms with Crippen LogP contribution in [0.1, 0.15) is 13.8 Å². The number of carbonyl (C=O) groups is 1. The zero-order chi connectivity index (χ0) is 7.44. The molecule has 0 aromatic heterocycles. The van der Waals surface area contributed by atoms with Crippen LogP contribution in [-0.2, 0) is 4.79 Å². The second-order valence-corrected chi connectivity index (χ2v) is 2.35. The molecule has 3 heteroatoms. The molecule has 0 saturated heterocycles. The van der Waals surface area contributed by atoms with Gasteiger partial charge in [0, 0.05) is 0 Å². The maximum absolute atomic E-state index is 10.6. The van der Waals surface area contributed by atoms with Crippen molar-refractivity contribution < 1.29 is 4.79 Å². The zero-order valence-corrected chi connectivity index (χ0v) is 5.92. The Balaban J connectivity index is 3.72. The molecule has 1 nitrogen and oxygen atoms in total. The molecule has 2 unspecified atom stereocenters. The lowest BCUT2D eigenvalue weighted by atomic mass is 9.70. The molecule has 0 fully saturated rings. The number of ketones is 1. The van der Waals surface area contributed by atoms with Gasteiger partial charge in [-0.05, 0) is 12.7 Å². The van der Waals surface area contributed by atoms with Gasteiger partial charge in [-0.3, -0.25) is 0 Å². The number of carbonyl (C=O) groups excluding carboxylic acids is 1. The van der Waals surface area contributed by atoms with Crippen molar-refractivity contribution in [3.8, 4) is 0 Å². The summed E-state index contributed by atoms with van der Waals surface area (Å²) < 4.78 is 0. The fourth-order valence-corrected chi connectivity index (χ4v) is 0.547. The Hall–Kier alpha value is -0.200. The van der Waals surface area contributed by atoms with Gasteiger partial charge in [-0.25, -0.2) is 0 Å². The number of rotatable bonds is 3. The van der Waals surface area contributed by atoms with E-state index in [1.807, 2.05) is 6.92 Å². The van der Waals surface area contributed by atoms with Crippen molar-refractivity contribution in [2.45, 2.75) is 26.0 Å². The van der Waals surface area contributed by atoms with E-state index in [2.05, 4.69) is 0 Å². The molecule has 0 heterocycles. The van der Waals surface area contributed by atoms with Crippen LogP contribution in [0.5, 0.6) is 0 Å². The Morgan fingerprint density at radius 2 is 2.11 bits per heavy atom. The summed E-state index contributed by atoms with van der Waals surface area (Å²) in [4.78, 5) is 10.6. The van der Waals surface area contributed by atoms with Crippen LogP contribution in [0.2, 0.25) is 12.1 Å². The van der Waals surface area contributed by atoms with Gasteiger partial charge in [0.25, 0.3) is 0 Å². The first-order valence-corrected chi connectivity index (χ1v) is 3.05. The topological polar surface area (TPSA) is 17.1 Å². The third-order valence-electron chi connectivity index (χ3n) is 1.45. The van der Waals surface area contributed by atoms with Crippen LogP contribution in [0.3, 0.4) is 0 Å². The Morgan fingerprint density at radius 3 is 2.22 bits per heavy atom. The predicted octanol–water partition coefficient (Wildman–Crippen LogP) is 0.755. The molecule has 46 valence electrons. The molecule has 2 atom stereocenters. The van der Waals surface area contributed by atoms with E-state index in [1.165, 1.54) is 6.92 Å². The molecular formula is C6H10B2O. The highest BCUT2D eigenvalue weighted by molar-refractivity contribution is 6.24. The molecule has 4 radical (unpaired) electrons. The maximum atomic E-state index is 10.6. The van der Waals surface area contributed by atoms with Gasteiger partial charge in [-0.15, -0.1) is 0 Å². The molecule has 0 aliphatic carbocycles. The van der Waals surface area contributed by atoms with E-state index in [1.54, 1.807) is 0 Å². The minimum absolute atomic E-state index is 0.00736. The summed E-state index contributed by atoms with van der Waals surface area (Å²) in [5, 5.41) is 0. The molecule has 0 spiro atoms. The summed E-state index contributed by atoms with van der Waals surface area (Å²) in [6.45, 7) is 3.35. The SMILES string of the molecule is [B]CC(C)C([B])C(C)=O. The van der Waals surface area contributed by atoms with Crippen molar-refractivity contribution in [2.24, 2.45) is 5.92 Å². The van der Waals surface area contributed by atoms with E-state index in [4.69, 9.17) is 15.7 Å². The number of Topliss-reactive ketones (excluding diaryl/α,β-unsaturated/α-hetero) is 1. The third-order valence-corrected chi connectivity index (χ3v) is 1.45. The monoisotopic (exact) mass is 120 g/mol. The molecule has 0 aromatic carbocycles. The molecule has 0 saturated carbocycles. The van der Waals surface area contributed by atoms with E-state index < -0.39 is 0 Å². The van der Waals surface area contributed by atoms with Crippen molar-refractivity contribution in [2.75, 3.05) is 0 Å². The number of hydrogen-bond acceptors (Lipinski definition) is 1. The van der Waals surface area contributed by atoms with Gasteiger partial charge < -0.3 is 4.79 Å². The van der Waals surface area contributed by atoms with E-state index in [0.717, 1.165) is 0 Å². The second-order valence-electron chi connectivity index (χ2n) is 2.35. The first kappa shape index (κ1) is 8.80. The lowest BCUT2D eigenvalue weighted by Gasteiger charge is -2.14. The van der Waals surface area contributed by atoms with Gasteiger partial charge in [0.2, 0.25) is 0 Å². The van der Waals surface area contributed by atoms with E-state index in [9.17, 15) is 4.79 Å². The van der Waals surface area contributed by atoms with Gasteiger partial charge in [0.15, 0.2) is 0 Å². The minimum Gasteiger partial charge on any atom is -0.301 e. The van der Waals surface area contributed by atoms with E-state index in [0.29, 0.717) is 6.32 Å². The summed E-state index contributed by atoms with van der Waals surface area (Å²) in [6, 6.07) is 0. The van der Waals surface area contributed by atoms with Crippen molar-refractivity contribution in [1.29, 1.82) is 0 Å². The van der Waals surface area contributed by atoms with Crippen LogP contribution in [-0.4, -0.2) is 21.5 Å². The smallest absolute Gasteiger partial charge is 0.124 e. The Labute approximate surface area is 59.0 Å². The summed E-state index contributed by atoms with van der Waals surface area (Å²) in [6.07, 6.45) is 0.473. The Kier molecular flexibility index (Phi) is 3.67. The normalized spacial score (nSPS) is 16.7. The van der Waals surface area contributed by atoms with E-state index >= 15 is 0 Å². The van der Waals surface area contributed by atoms with Crippen LogP contribution in [0.25, 0.3) is 0 Å². The van der Waals surface area contributed by atoms with Gasteiger partial charge in [-0.2, -0.15) is 0 Å². The van der Waals surface area contributed by atoms with Crippen LogP contribution < -0.4 is 0 Å². The zero-order valence-electron chi connectivity index (χ0n) is 5.92. The summed E-state index contributed by atoms with van der Waals surface area (Å²) in [5.74, 6) is -0.273. The molecule has 0 N–H and O–H groups in total. The standard InChI is InChI=1S/C6H10B2O/c1-4(3-7)6(8)5(2)9/h4,6H,3H2,1-2H3. The summed E-state index contributed by atoms with van der Waals surface area (Å²) in [7, 11) is 10.7. The molecule has 0 aliphatic rings. The quantitative estimate of drug-likeness (QED) is 0.502. The number of hydrogen-bond donors (Lipinski definition) is 0. The van der Waals surface area contributed by atoms with Crippen molar-refractivity contribution in [3.05, 3.63) is 0 Å². The van der Waals surface area contributed by atoms with Gasteiger partial charge in [0.1, 0.15) is 5.78 Å². The first-order chi connectivity index (χ1) is 4.09. The maximum Gasteiger partial charge on any atom is 0.124 e. The van der Waals surface area contributed by atoms with Crippen LogP contribution >= 0.6 is 0 Å². The average molecular weight is 120 g/mol. The Morgan fingerprint density at radius 1 is 1.67 bits per heavy atom. The van der Waals surface area contributed by atoms with Crippen LogP contribution in [0, 0.1) is 5.92 Å².